The number of nitriles is 1. The van der Waals surface area contributed by atoms with Crippen LogP contribution in [0.1, 0.15) is 62.8 Å². The number of carbonyl (C=O) groups is 2. The summed E-state index contributed by atoms with van der Waals surface area (Å²) in [5, 5.41) is 17.5. The van der Waals surface area contributed by atoms with E-state index in [-0.39, 0.29) is 22.8 Å². The van der Waals surface area contributed by atoms with Gasteiger partial charge in [-0.1, -0.05) is 32.9 Å². The monoisotopic (exact) mass is 606 g/mol. The molecule has 0 spiro atoms. The first-order valence-electron chi connectivity index (χ1n) is 13.5. The summed E-state index contributed by atoms with van der Waals surface area (Å²) in [6.07, 6.45) is 1.14. The third-order valence-electron chi connectivity index (χ3n) is 7.20. The number of thioether (sulfide) groups is 1. The number of ether oxygens (including phenoxy) is 1. The van der Waals surface area contributed by atoms with Crippen molar-refractivity contribution in [2.45, 2.75) is 79.9 Å². The Morgan fingerprint density at radius 1 is 1.10 bits per heavy atom. The van der Waals surface area contributed by atoms with Crippen molar-refractivity contribution >= 4 is 39.2 Å². The molecular formula is C32H34N2O6S2. The number of Topliss-reactive ketones (excluding diaryl/α,β-unsaturated/α-hetero) is 1. The van der Waals surface area contributed by atoms with E-state index in [0.29, 0.717) is 34.6 Å². The molecule has 0 radical (unpaired) electrons. The Labute approximate surface area is 251 Å². The molecule has 1 heterocycles. The van der Waals surface area contributed by atoms with E-state index in [9.17, 15) is 23.1 Å². The van der Waals surface area contributed by atoms with Gasteiger partial charge in [0.05, 0.1) is 22.2 Å². The first-order chi connectivity index (χ1) is 19.6. The number of phenols is 1. The smallest absolute Gasteiger partial charge is 0.327 e. The Morgan fingerprint density at radius 3 is 2.31 bits per heavy atom. The van der Waals surface area contributed by atoms with Gasteiger partial charge in [0.25, 0.3) is 10.0 Å². The van der Waals surface area contributed by atoms with Crippen molar-refractivity contribution in [3.63, 3.8) is 0 Å². The summed E-state index contributed by atoms with van der Waals surface area (Å²) in [5.41, 5.74) is 1.73. The molecule has 1 fully saturated rings. The lowest BCUT2D eigenvalue weighted by Gasteiger charge is -2.36. The van der Waals surface area contributed by atoms with Gasteiger partial charge >= 0.3 is 5.97 Å². The lowest BCUT2D eigenvalue weighted by Crippen LogP contribution is -2.47. The van der Waals surface area contributed by atoms with Crippen LogP contribution in [0.3, 0.4) is 0 Å². The maximum absolute atomic E-state index is 13.3. The molecule has 0 amide bonds. The number of aromatic hydroxyl groups is 1. The van der Waals surface area contributed by atoms with Gasteiger partial charge in [0.1, 0.15) is 11.4 Å². The van der Waals surface area contributed by atoms with E-state index < -0.39 is 32.3 Å². The van der Waals surface area contributed by atoms with Gasteiger partial charge in [-0.3, -0.25) is 14.3 Å². The largest absolute Gasteiger partial charge is 0.508 e. The molecule has 3 aromatic carbocycles. The van der Waals surface area contributed by atoms with Crippen molar-refractivity contribution in [3.8, 4) is 11.8 Å². The first-order valence-corrected chi connectivity index (χ1v) is 15.8. The Balaban J connectivity index is 1.54. The molecule has 42 heavy (non-hydrogen) atoms. The molecule has 1 saturated heterocycles. The molecule has 0 saturated carbocycles. The highest BCUT2D eigenvalue weighted by Gasteiger charge is 2.44. The zero-order valence-electron chi connectivity index (χ0n) is 24.2. The fourth-order valence-corrected chi connectivity index (χ4v) is 7.24. The minimum Gasteiger partial charge on any atom is -0.508 e. The van der Waals surface area contributed by atoms with Crippen molar-refractivity contribution in [1.29, 1.82) is 5.26 Å². The van der Waals surface area contributed by atoms with Gasteiger partial charge in [-0.2, -0.15) is 5.26 Å². The topological polar surface area (TPSA) is 134 Å². The number of nitrogens with one attached hydrogen (secondary N) is 1. The number of aryl methyl sites for hydroxylation is 2. The molecule has 2 unspecified atom stereocenters. The molecule has 8 nitrogen and oxygen atoms in total. The number of benzene rings is 3. The second-order valence-corrected chi connectivity index (χ2v) is 14.7. The normalized spacial score (nSPS) is 19.2. The van der Waals surface area contributed by atoms with E-state index in [1.807, 2.05) is 26.8 Å². The molecule has 3 aromatic rings. The number of anilines is 1. The van der Waals surface area contributed by atoms with Crippen molar-refractivity contribution in [3.05, 3.63) is 82.9 Å². The quantitative estimate of drug-likeness (QED) is 0.234. The van der Waals surface area contributed by atoms with Crippen molar-refractivity contribution in [2.75, 3.05) is 4.72 Å². The number of hydrogen-bond acceptors (Lipinski definition) is 8. The summed E-state index contributed by atoms with van der Waals surface area (Å²) in [6, 6.07) is 18.0. The van der Waals surface area contributed by atoms with Crippen LogP contribution in [0.2, 0.25) is 0 Å². The van der Waals surface area contributed by atoms with E-state index in [1.54, 1.807) is 50.2 Å². The van der Waals surface area contributed by atoms with Crippen LogP contribution in [0.25, 0.3) is 0 Å². The van der Waals surface area contributed by atoms with Gasteiger partial charge in [-0.05, 0) is 97.3 Å². The number of rotatable bonds is 8. The summed E-state index contributed by atoms with van der Waals surface area (Å²) < 4.78 is 34.7. The number of sulfonamides is 1. The van der Waals surface area contributed by atoms with Gasteiger partial charge in [-0.25, -0.2) is 8.42 Å². The number of cyclic esters (lactones) is 1. The molecule has 2 atom stereocenters. The summed E-state index contributed by atoms with van der Waals surface area (Å²) >= 11 is 1.13. The van der Waals surface area contributed by atoms with Crippen LogP contribution >= 0.6 is 11.8 Å². The van der Waals surface area contributed by atoms with Gasteiger partial charge in [0, 0.05) is 11.3 Å². The number of carbonyl (C=O) groups excluding carboxylic acids is 2. The van der Waals surface area contributed by atoms with Crippen molar-refractivity contribution in [1.82, 2.24) is 0 Å². The predicted molar refractivity (Wildman–Crippen MR) is 162 cm³/mol. The highest BCUT2D eigenvalue weighted by Crippen LogP contribution is 2.41. The van der Waals surface area contributed by atoms with E-state index >= 15 is 0 Å². The molecule has 2 N–H and O–H groups in total. The highest BCUT2D eigenvalue weighted by molar-refractivity contribution is 8.01. The third kappa shape index (κ3) is 7.15. The minimum absolute atomic E-state index is 0.0284. The number of phenolic OH excluding ortho intramolecular Hbond substituents is 1. The second-order valence-electron chi connectivity index (χ2n) is 11.8. The van der Waals surface area contributed by atoms with E-state index in [0.717, 1.165) is 22.9 Å². The average Bonchev–Trinajstić information content (AvgIpc) is 2.91. The van der Waals surface area contributed by atoms with Gasteiger partial charge in [-0.15, -0.1) is 11.8 Å². The zero-order valence-corrected chi connectivity index (χ0v) is 25.9. The Kier molecular flexibility index (Phi) is 8.76. The van der Waals surface area contributed by atoms with Gasteiger partial charge in [0.15, 0.2) is 11.0 Å². The van der Waals surface area contributed by atoms with Crippen molar-refractivity contribution in [2.24, 2.45) is 0 Å². The Morgan fingerprint density at radius 2 is 1.74 bits per heavy atom. The zero-order chi connectivity index (χ0) is 30.9. The SMILES string of the molecule is Cc1cc(SC2C(=O)CC(C)(CCc3ccc(O)cc3)OC2=O)c(C(C)(C)C)cc1NS(=O)(=O)c1ccc(C#N)cc1. The maximum atomic E-state index is 13.3. The second kappa shape index (κ2) is 11.8. The van der Waals surface area contributed by atoms with Gasteiger partial charge in [0.2, 0.25) is 0 Å². The summed E-state index contributed by atoms with van der Waals surface area (Å²) in [7, 11) is -3.93. The fourth-order valence-electron chi connectivity index (χ4n) is 4.76. The van der Waals surface area contributed by atoms with Crippen LogP contribution in [0.15, 0.2) is 70.5 Å². The van der Waals surface area contributed by atoms with Crippen LogP contribution in [-0.2, 0) is 36.2 Å². The molecule has 10 heteroatoms. The van der Waals surface area contributed by atoms with Crippen LogP contribution in [0.4, 0.5) is 5.69 Å². The molecule has 0 aromatic heterocycles. The van der Waals surface area contributed by atoms with E-state index in [1.165, 1.54) is 24.3 Å². The van der Waals surface area contributed by atoms with Crippen LogP contribution in [-0.4, -0.2) is 36.1 Å². The van der Waals surface area contributed by atoms with E-state index in [4.69, 9.17) is 10.00 Å². The molecule has 1 aliphatic rings. The minimum atomic E-state index is -3.93. The molecular weight excluding hydrogens is 572 g/mol. The standard InChI is InChI=1S/C32H34N2O6S2/c1-20-16-28(25(31(2,3)4)17-26(20)34-42(38,39)24-12-8-22(19-33)9-13-24)41-29-27(36)18-32(5,40-30(29)37)15-14-21-6-10-23(35)11-7-21/h6-13,16-17,29,34-35H,14-15,18H2,1-5H3. The van der Waals surface area contributed by atoms with Gasteiger partial charge < -0.3 is 9.84 Å². The molecule has 1 aliphatic heterocycles. The van der Waals surface area contributed by atoms with E-state index in [2.05, 4.69) is 4.72 Å². The van der Waals surface area contributed by atoms with Crippen LogP contribution in [0.5, 0.6) is 5.75 Å². The maximum Gasteiger partial charge on any atom is 0.327 e. The molecule has 0 bridgehead atoms. The van der Waals surface area contributed by atoms with Crippen LogP contribution < -0.4 is 4.72 Å². The third-order valence-corrected chi connectivity index (χ3v) is 9.86. The van der Waals surface area contributed by atoms with Crippen molar-refractivity contribution < 1.29 is 27.9 Å². The number of ketones is 1. The average molecular weight is 607 g/mol. The number of nitrogens with zero attached hydrogens (tertiary/aromatic N) is 1. The predicted octanol–water partition coefficient (Wildman–Crippen LogP) is 6.04. The number of hydrogen-bond donors (Lipinski definition) is 2. The Hall–Kier alpha value is -3.81. The number of esters is 1. The molecule has 4 rings (SSSR count). The summed E-state index contributed by atoms with van der Waals surface area (Å²) in [5.74, 6) is -0.633. The summed E-state index contributed by atoms with van der Waals surface area (Å²) in [4.78, 5) is 27.2. The molecule has 220 valence electrons. The first kappa shape index (κ1) is 31.1. The highest BCUT2D eigenvalue weighted by atomic mass is 32.2. The lowest BCUT2D eigenvalue weighted by molar-refractivity contribution is -0.167. The summed E-state index contributed by atoms with van der Waals surface area (Å²) in [6.45, 7) is 9.45. The molecule has 0 aliphatic carbocycles. The lowest BCUT2D eigenvalue weighted by atomic mass is 9.86. The fraction of sp³-hybridized carbons (Fsp3) is 0.344. The van der Waals surface area contributed by atoms with Crippen LogP contribution in [0, 0.1) is 18.3 Å². The Bertz CT molecular complexity index is 1630.